The van der Waals surface area contributed by atoms with Crippen molar-refractivity contribution in [3.8, 4) is 0 Å². The molecule has 3 nitrogen and oxygen atoms in total. The van der Waals surface area contributed by atoms with Crippen LogP contribution < -0.4 is 0 Å². The van der Waals surface area contributed by atoms with Crippen LogP contribution in [-0.4, -0.2) is 15.2 Å². The molecule has 1 heterocycles. The second-order valence-electron chi connectivity index (χ2n) is 4.80. The van der Waals surface area contributed by atoms with Crippen molar-refractivity contribution in [1.82, 2.24) is 15.2 Å². The summed E-state index contributed by atoms with van der Waals surface area (Å²) in [6, 6.07) is 10.5. The third-order valence-corrected chi connectivity index (χ3v) is 3.12. The van der Waals surface area contributed by atoms with Crippen molar-refractivity contribution in [3.05, 3.63) is 54.1 Å². The zero-order chi connectivity index (χ0) is 13.5. The zero-order valence-electron chi connectivity index (χ0n) is 11.5. The molecule has 100 valence electrons. The Balaban J connectivity index is 1.82. The van der Waals surface area contributed by atoms with Crippen molar-refractivity contribution in [2.24, 2.45) is 0 Å². The first-order valence-electron chi connectivity index (χ1n) is 6.93. The molecule has 3 heteroatoms. The summed E-state index contributed by atoms with van der Waals surface area (Å²) < 4.78 is 0. The minimum Gasteiger partial charge on any atom is -0.263 e. The highest BCUT2D eigenvalue weighted by molar-refractivity contribution is 5.56. The Kier molecular flexibility index (Phi) is 4.90. The fourth-order valence-electron chi connectivity index (χ4n) is 2.08. The third-order valence-electron chi connectivity index (χ3n) is 3.12. The number of benzene rings is 1. The van der Waals surface area contributed by atoms with E-state index in [4.69, 9.17) is 0 Å². The Morgan fingerprint density at radius 1 is 1.21 bits per heavy atom. The van der Waals surface area contributed by atoms with Crippen LogP contribution in [-0.2, 0) is 12.8 Å². The average Bonchev–Trinajstić information content (AvgIpc) is 2.89. The van der Waals surface area contributed by atoms with Crippen LogP contribution in [0.5, 0.6) is 0 Å². The number of hydrogen-bond donors (Lipinski definition) is 1. The Hall–Kier alpha value is -1.90. The minimum atomic E-state index is 0.775. The topological polar surface area (TPSA) is 41.6 Å². The van der Waals surface area contributed by atoms with Gasteiger partial charge in [-0.3, -0.25) is 5.10 Å². The lowest BCUT2D eigenvalue weighted by Crippen LogP contribution is -1.92. The average molecular weight is 255 g/mol. The number of nitrogens with one attached hydrogen (secondary N) is 1. The number of allylic oxidation sites excluding steroid dienone is 1. The highest BCUT2D eigenvalue weighted by Crippen LogP contribution is 2.13. The van der Waals surface area contributed by atoms with Crippen molar-refractivity contribution in [3.63, 3.8) is 0 Å². The fourth-order valence-corrected chi connectivity index (χ4v) is 2.08. The maximum Gasteiger partial charge on any atom is 0.176 e. The van der Waals surface area contributed by atoms with Crippen LogP contribution in [0.4, 0.5) is 0 Å². The van der Waals surface area contributed by atoms with E-state index in [1.807, 2.05) is 6.07 Å². The lowest BCUT2D eigenvalue weighted by molar-refractivity contribution is 0.775. The molecule has 2 aromatic rings. The van der Waals surface area contributed by atoms with E-state index in [2.05, 4.69) is 52.9 Å². The number of aromatic nitrogens is 3. The van der Waals surface area contributed by atoms with Gasteiger partial charge in [-0.15, -0.1) is 0 Å². The summed E-state index contributed by atoms with van der Waals surface area (Å²) in [6.45, 7) is 6.15. The van der Waals surface area contributed by atoms with Crippen LogP contribution in [0.25, 0.3) is 5.57 Å². The van der Waals surface area contributed by atoms with E-state index in [1.165, 1.54) is 5.56 Å². The number of nitrogens with zero attached hydrogens (tertiary/aromatic N) is 2. The molecular weight excluding hydrogens is 234 g/mol. The molecule has 0 spiro atoms. The van der Waals surface area contributed by atoms with Gasteiger partial charge in [-0.05, 0) is 30.4 Å². The van der Waals surface area contributed by atoms with Crippen molar-refractivity contribution in [1.29, 1.82) is 0 Å². The van der Waals surface area contributed by atoms with Crippen molar-refractivity contribution in [2.75, 3.05) is 0 Å². The minimum absolute atomic E-state index is 0.775. The monoisotopic (exact) mass is 255 g/mol. The lowest BCUT2D eigenvalue weighted by atomic mass is 10.1. The van der Waals surface area contributed by atoms with E-state index in [9.17, 15) is 0 Å². The Morgan fingerprint density at radius 3 is 2.74 bits per heavy atom. The summed E-state index contributed by atoms with van der Waals surface area (Å²) in [5, 5.41) is 7.23. The van der Waals surface area contributed by atoms with Crippen molar-refractivity contribution < 1.29 is 0 Å². The Morgan fingerprint density at radius 2 is 2.00 bits per heavy atom. The SMILES string of the molecule is C=C(CCC)c1n[nH]c(CCCc2ccccc2)n1. The maximum atomic E-state index is 4.49. The molecule has 0 aliphatic rings. The normalized spacial score (nSPS) is 10.6. The molecule has 0 bridgehead atoms. The third kappa shape index (κ3) is 4.05. The molecule has 1 aromatic carbocycles. The first kappa shape index (κ1) is 13.5. The van der Waals surface area contributed by atoms with E-state index in [1.54, 1.807) is 0 Å². The van der Waals surface area contributed by atoms with Gasteiger partial charge in [0, 0.05) is 6.42 Å². The molecule has 0 aliphatic heterocycles. The van der Waals surface area contributed by atoms with Gasteiger partial charge in [0.05, 0.1) is 0 Å². The molecule has 0 amide bonds. The van der Waals surface area contributed by atoms with Crippen LogP contribution in [0.3, 0.4) is 0 Å². The van der Waals surface area contributed by atoms with Gasteiger partial charge in [-0.1, -0.05) is 50.3 Å². The lowest BCUT2D eigenvalue weighted by Gasteiger charge is -1.99. The fraction of sp³-hybridized carbons (Fsp3) is 0.375. The highest BCUT2D eigenvalue weighted by atomic mass is 15.2. The summed E-state index contributed by atoms with van der Waals surface area (Å²) in [7, 11) is 0. The Bertz CT molecular complexity index is 514. The number of hydrogen-bond acceptors (Lipinski definition) is 2. The molecule has 1 aromatic heterocycles. The molecule has 0 saturated heterocycles. The zero-order valence-corrected chi connectivity index (χ0v) is 11.5. The molecule has 1 N–H and O–H groups in total. The van der Waals surface area contributed by atoms with E-state index >= 15 is 0 Å². The van der Waals surface area contributed by atoms with Crippen LogP contribution in [0, 0.1) is 0 Å². The summed E-state index contributed by atoms with van der Waals surface area (Å²) >= 11 is 0. The maximum absolute atomic E-state index is 4.49. The summed E-state index contributed by atoms with van der Waals surface area (Å²) in [5.41, 5.74) is 2.39. The first-order valence-corrected chi connectivity index (χ1v) is 6.93. The standard InChI is InChI=1S/C16H21N3/c1-3-8-13(2)16-17-15(18-19-16)12-7-11-14-9-5-4-6-10-14/h4-6,9-10H,2-3,7-8,11-12H2,1H3,(H,17,18,19). The Labute approximate surface area is 114 Å². The summed E-state index contributed by atoms with van der Waals surface area (Å²) in [6.07, 6.45) is 5.13. The molecule has 0 unspecified atom stereocenters. The van der Waals surface area contributed by atoms with Gasteiger partial charge in [-0.25, -0.2) is 4.98 Å². The van der Waals surface area contributed by atoms with E-state index in [-0.39, 0.29) is 0 Å². The number of aromatic amines is 1. The highest BCUT2D eigenvalue weighted by Gasteiger charge is 2.06. The van der Waals surface area contributed by atoms with Gasteiger partial charge in [0.15, 0.2) is 5.82 Å². The second-order valence-corrected chi connectivity index (χ2v) is 4.80. The summed E-state index contributed by atoms with van der Waals surface area (Å²) in [4.78, 5) is 4.49. The molecular formula is C16H21N3. The number of rotatable bonds is 7. The van der Waals surface area contributed by atoms with Gasteiger partial charge in [0.2, 0.25) is 0 Å². The van der Waals surface area contributed by atoms with Gasteiger partial charge >= 0.3 is 0 Å². The summed E-state index contributed by atoms with van der Waals surface area (Å²) in [5.74, 6) is 1.74. The van der Waals surface area contributed by atoms with E-state index in [0.29, 0.717) is 0 Å². The second kappa shape index (κ2) is 6.88. The molecule has 0 atom stereocenters. The van der Waals surface area contributed by atoms with Crippen LogP contribution in [0.15, 0.2) is 36.9 Å². The van der Waals surface area contributed by atoms with Crippen molar-refractivity contribution >= 4 is 5.57 Å². The first-order chi connectivity index (χ1) is 9.29. The number of H-pyrrole nitrogens is 1. The van der Waals surface area contributed by atoms with Gasteiger partial charge in [0.1, 0.15) is 5.82 Å². The molecule has 2 rings (SSSR count). The molecule has 0 aliphatic carbocycles. The van der Waals surface area contributed by atoms with Gasteiger partial charge in [0.25, 0.3) is 0 Å². The van der Waals surface area contributed by atoms with Crippen molar-refractivity contribution in [2.45, 2.75) is 39.0 Å². The predicted molar refractivity (Wildman–Crippen MR) is 78.8 cm³/mol. The van der Waals surface area contributed by atoms with E-state index < -0.39 is 0 Å². The smallest absolute Gasteiger partial charge is 0.176 e. The van der Waals surface area contributed by atoms with Gasteiger partial charge < -0.3 is 0 Å². The van der Waals surface area contributed by atoms with Crippen LogP contribution in [0.1, 0.15) is 43.4 Å². The quantitative estimate of drug-likeness (QED) is 0.817. The molecule has 0 saturated carbocycles. The van der Waals surface area contributed by atoms with Crippen LogP contribution >= 0.6 is 0 Å². The molecule has 19 heavy (non-hydrogen) atoms. The molecule has 0 radical (unpaired) electrons. The van der Waals surface area contributed by atoms with Crippen LogP contribution in [0.2, 0.25) is 0 Å². The van der Waals surface area contributed by atoms with E-state index in [0.717, 1.165) is 49.3 Å². The largest absolute Gasteiger partial charge is 0.263 e. The molecule has 0 fully saturated rings. The predicted octanol–water partition coefficient (Wildman–Crippen LogP) is 3.79. The van der Waals surface area contributed by atoms with Gasteiger partial charge in [-0.2, -0.15) is 5.10 Å². The number of aryl methyl sites for hydroxylation is 2.